The molecule has 1 heterocycles. The first-order valence-corrected chi connectivity index (χ1v) is 6.09. The summed E-state index contributed by atoms with van der Waals surface area (Å²) >= 11 is 0. The highest BCUT2D eigenvalue weighted by Crippen LogP contribution is 2.19. The summed E-state index contributed by atoms with van der Waals surface area (Å²) in [4.78, 5) is 36.0. The lowest BCUT2D eigenvalue weighted by Crippen LogP contribution is -2.36. The molecule has 102 valence electrons. The summed E-state index contributed by atoms with van der Waals surface area (Å²) < 4.78 is 4.47. The number of likely N-dealkylation sites (tertiary alicyclic amines) is 1. The molecule has 18 heavy (non-hydrogen) atoms. The van der Waals surface area contributed by atoms with E-state index in [4.69, 9.17) is 0 Å². The lowest BCUT2D eigenvalue weighted by Gasteiger charge is -2.20. The minimum absolute atomic E-state index is 0.0121. The molecule has 1 N–H and O–H groups in total. The Bertz CT molecular complexity index is 341. The number of amides is 2. The Hall–Kier alpha value is -1.59. The molecule has 1 unspecified atom stereocenters. The maximum atomic E-state index is 11.8. The quantitative estimate of drug-likeness (QED) is 0.698. The highest BCUT2D eigenvalue weighted by atomic mass is 16.5. The SMILES string of the molecule is COC(=O)CCNC(=O)C1CC(=O)N(C(C)C)C1. The number of esters is 1. The highest BCUT2D eigenvalue weighted by molar-refractivity contribution is 5.89. The van der Waals surface area contributed by atoms with Crippen molar-refractivity contribution in [1.82, 2.24) is 10.2 Å². The molecule has 6 heteroatoms. The fraction of sp³-hybridized carbons (Fsp3) is 0.750. The van der Waals surface area contributed by atoms with Gasteiger partial charge < -0.3 is 15.0 Å². The molecular formula is C12H20N2O4. The van der Waals surface area contributed by atoms with E-state index in [-0.39, 0.29) is 49.1 Å². The molecule has 0 saturated carbocycles. The molecule has 0 aliphatic carbocycles. The maximum absolute atomic E-state index is 11.8. The highest BCUT2D eigenvalue weighted by Gasteiger charge is 2.35. The van der Waals surface area contributed by atoms with Gasteiger partial charge in [-0.2, -0.15) is 0 Å². The van der Waals surface area contributed by atoms with Crippen molar-refractivity contribution >= 4 is 17.8 Å². The van der Waals surface area contributed by atoms with Gasteiger partial charge in [-0.15, -0.1) is 0 Å². The molecule has 0 bridgehead atoms. The summed E-state index contributed by atoms with van der Waals surface area (Å²) in [7, 11) is 1.31. The van der Waals surface area contributed by atoms with Crippen LogP contribution in [-0.4, -0.2) is 48.9 Å². The van der Waals surface area contributed by atoms with Gasteiger partial charge in [0.2, 0.25) is 11.8 Å². The van der Waals surface area contributed by atoms with E-state index in [0.717, 1.165) is 0 Å². The zero-order valence-electron chi connectivity index (χ0n) is 11.1. The second-order valence-electron chi connectivity index (χ2n) is 4.66. The van der Waals surface area contributed by atoms with Crippen LogP contribution in [0.4, 0.5) is 0 Å². The number of hydrogen-bond donors (Lipinski definition) is 1. The molecule has 0 aromatic heterocycles. The molecular weight excluding hydrogens is 236 g/mol. The second-order valence-corrected chi connectivity index (χ2v) is 4.66. The van der Waals surface area contributed by atoms with Gasteiger partial charge in [-0.05, 0) is 13.8 Å². The van der Waals surface area contributed by atoms with E-state index in [1.165, 1.54) is 7.11 Å². The van der Waals surface area contributed by atoms with Crippen LogP contribution in [0.2, 0.25) is 0 Å². The topological polar surface area (TPSA) is 75.7 Å². The number of rotatable bonds is 5. The zero-order valence-corrected chi connectivity index (χ0v) is 11.1. The van der Waals surface area contributed by atoms with Gasteiger partial charge in [0.1, 0.15) is 0 Å². The molecule has 1 saturated heterocycles. The van der Waals surface area contributed by atoms with Crippen LogP contribution in [0, 0.1) is 5.92 Å². The van der Waals surface area contributed by atoms with Crippen LogP contribution in [0.25, 0.3) is 0 Å². The van der Waals surface area contributed by atoms with E-state index in [1.807, 2.05) is 13.8 Å². The van der Waals surface area contributed by atoms with E-state index < -0.39 is 0 Å². The number of carbonyl (C=O) groups excluding carboxylic acids is 3. The Morgan fingerprint density at radius 3 is 2.67 bits per heavy atom. The molecule has 1 fully saturated rings. The summed E-state index contributed by atoms with van der Waals surface area (Å²) in [5, 5.41) is 2.65. The summed E-state index contributed by atoms with van der Waals surface area (Å²) in [5.74, 6) is -0.826. The van der Waals surface area contributed by atoms with Gasteiger partial charge >= 0.3 is 5.97 Å². The molecule has 0 spiro atoms. The summed E-state index contributed by atoms with van der Waals surface area (Å²) in [5.41, 5.74) is 0. The largest absolute Gasteiger partial charge is 0.469 e. The summed E-state index contributed by atoms with van der Waals surface area (Å²) in [6.07, 6.45) is 0.402. The Kier molecular flexibility index (Phi) is 5.12. The van der Waals surface area contributed by atoms with Crippen molar-refractivity contribution in [3.8, 4) is 0 Å². The minimum Gasteiger partial charge on any atom is -0.469 e. The summed E-state index contributed by atoms with van der Waals surface area (Å²) in [6.45, 7) is 4.56. The molecule has 0 aromatic rings. The standard InChI is InChI=1S/C12H20N2O4/c1-8(2)14-7-9(6-10(14)15)12(17)13-5-4-11(16)18-3/h8-9H,4-7H2,1-3H3,(H,13,17). The zero-order chi connectivity index (χ0) is 13.7. The Labute approximate surface area is 107 Å². The number of methoxy groups -OCH3 is 1. The van der Waals surface area contributed by atoms with Crippen molar-refractivity contribution in [3.05, 3.63) is 0 Å². The third-order valence-electron chi connectivity index (χ3n) is 3.01. The molecule has 0 aromatic carbocycles. The number of ether oxygens (including phenoxy) is 1. The average Bonchev–Trinajstić information content (AvgIpc) is 2.71. The smallest absolute Gasteiger partial charge is 0.307 e. The van der Waals surface area contributed by atoms with Crippen molar-refractivity contribution in [2.45, 2.75) is 32.7 Å². The number of carbonyl (C=O) groups is 3. The molecule has 1 rings (SSSR count). The lowest BCUT2D eigenvalue weighted by molar-refractivity contribution is -0.140. The Morgan fingerprint density at radius 1 is 1.50 bits per heavy atom. The Morgan fingerprint density at radius 2 is 2.17 bits per heavy atom. The van der Waals surface area contributed by atoms with E-state index in [0.29, 0.717) is 6.54 Å². The van der Waals surface area contributed by atoms with Gasteiger partial charge in [0.15, 0.2) is 0 Å². The fourth-order valence-electron chi connectivity index (χ4n) is 1.94. The third kappa shape index (κ3) is 3.72. The number of hydrogen-bond acceptors (Lipinski definition) is 4. The first-order chi connectivity index (χ1) is 8.45. The van der Waals surface area contributed by atoms with Gasteiger partial charge in [0.05, 0.1) is 19.4 Å². The first-order valence-electron chi connectivity index (χ1n) is 6.09. The van der Waals surface area contributed by atoms with E-state index >= 15 is 0 Å². The molecule has 2 amide bonds. The molecule has 1 atom stereocenters. The van der Waals surface area contributed by atoms with Gasteiger partial charge in [0.25, 0.3) is 0 Å². The predicted octanol–water partition coefficient (Wildman–Crippen LogP) is -0.0774. The van der Waals surface area contributed by atoms with Crippen molar-refractivity contribution in [1.29, 1.82) is 0 Å². The summed E-state index contributed by atoms with van der Waals surface area (Å²) in [6, 6.07) is 0.116. The van der Waals surface area contributed by atoms with E-state index in [9.17, 15) is 14.4 Å². The van der Waals surface area contributed by atoms with Crippen LogP contribution < -0.4 is 5.32 Å². The van der Waals surface area contributed by atoms with Crippen LogP contribution in [0.5, 0.6) is 0 Å². The number of nitrogens with zero attached hydrogens (tertiary/aromatic N) is 1. The van der Waals surface area contributed by atoms with Crippen LogP contribution >= 0.6 is 0 Å². The molecule has 1 aliphatic rings. The average molecular weight is 256 g/mol. The van der Waals surface area contributed by atoms with Gasteiger partial charge in [-0.3, -0.25) is 14.4 Å². The van der Waals surface area contributed by atoms with Crippen LogP contribution in [0.1, 0.15) is 26.7 Å². The van der Waals surface area contributed by atoms with Crippen molar-refractivity contribution in [2.24, 2.45) is 5.92 Å². The minimum atomic E-state index is -0.360. The van der Waals surface area contributed by atoms with Crippen LogP contribution in [0.3, 0.4) is 0 Å². The van der Waals surface area contributed by atoms with Gasteiger partial charge in [-0.1, -0.05) is 0 Å². The van der Waals surface area contributed by atoms with Crippen LogP contribution in [0.15, 0.2) is 0 Å². The molecule has 0 radical (unpaired) electrons. The van der Waals surface area contributed by atoms with Crippen molar-refractivity contribution in [2.75, 3.05) is 20.2 Å². The van der Waals surface area contributed by atoms with Crippen molar-refractivity contribution < 1.29 is 19.1 Å². The van der Waals surface area contributed by atoms with Crippen LogP contribution in [-0.2, 0) is 19.1 Å². The van der Waals surface area contributed by atoms with Crippen molar-refractivity contribution in [3.63, 3.8) is 0 Å². The number of nitrogens with one attached hydrogen (secondary N) is 1. The predicted molar refractivity (Wildman–Crippen MR) is 64.6 cm³/mol. The first kappa shape index (κ1) is 14.5. The normalized spacial score (nSPS) is 19.2. The fourth-order valence-corrected chi connectivity index (χ4v) is 1.94. The molecule has 1 aliphatic heterocycles. The molecule has 6 nitrogen and oxygen atoms in total. The van der Waals surface area contributed by atoms with Gasteiger partial charge in [-0.25, -0.2) is 0 Å². The van der Waals surface area contributed by atoms with E-state index in [1.54, 1.807) is 4.90 Å². The van der Waals surface area contributed by atoms with Gasteiger partial charge in [0, 0.05) is 25.6 Å². The second kappa shape index (κ2) is 6.37. The van der Waals surface area contributed by atoms with E-state index in [2.05, 4.69) is 10.1 Å². The maximum Gasteiger partial charge on any atom is 0.307 e. The monoisotopic (exact) mass is 256 g/mol. The lowest BCUT2D eigenvalue weighted by atomic mass is 10.1. The Balaban J connectivity index is 2.36. The third-order valence-corrected chi connectivity index (χ3v) is 3.01.